The molecule has 0 saturated heterocycles. The van der Waals surface area contributed by atoms with Crippen LogP contribution in [0.5, 0.6) is 0 Å². The minimum absolute atomic E-state index is 0.364. The van der Waals surface area contributed by atoms with Gasteiger partial charge in [-0.15, -0.1) is 0 Å². The molecular weight excluding hydrogens is 216 g/mol. The predicted molar refractivity (Wildman–Crippen MR) is 67.9 cm³/mol. The van der Waals surface area contributed by atoms with Crippen LogP contribution in [0.25, 0.3) is 0 Å². The van der Waals surface area contributed by atoms with Crippen molar-refractivity contribution in [1.29, 1.82) is 0 Å². The van der Waals surface area contributed by atoms with Gasteiger partial charge in [0.05, 0.1) is 12.3 Å². The number of hydrogen-bond donors (Lipinski definition) is 1. The molecule has 1 atom stereocenters. The number of aromatic nitrogens is 1. The fourth-order valence-corrected chi connectivity index (χ4v) is 1.72. The van der Waals surface area contributed by atoms with Crippen molar-refractivity contribution in [3.63, 3.8) is 0 Å². The summed E-state index contributed by atoms with van der Waals surface area (Å²) >= 11 is 0. The average molecular weight is 240 g/mol. The normalized spacial score (nSPS) is 13.3. The minimum atomic E-state index is 0.364. The molecule has 4 nitrogen and oxygen atoms in total. The van der Waals surface area contributed by atoms with Crippen LogP contribution in [0.4, 0.5) is 0 Å². The number of nitrogens with zero attached hydrogens (tertiary/aromatic N) is 1. The monoisotopic (exact) mass is 240 g/mol. The lowest BCUT2D eigenvalue weighted by atomic mass is 10.0. The number of aryl methyl sites for hydroxylation is 2. The molecular formula is C13H24N2O2. The van der Waals surface area contributed by atoms with E-state index in [-0.39, 0.29) is 0 Å². The summed E-state index contributed by atoms with van der Waals surface area (Å²) in [4.78, 5) is 0. The smallest absolute Gasteiger partial charge is 0.138 e. The van der Waals surface area contributed by atoms with E-state index in [0.29, 0.717) is 12.0 Å². The second-order valence-electron chi connectivity index (χ2n) is 4.69. The first kappa shape index (κ1) is 14.2. The lowest BCUT2D eigenvalue weighted by molar-refractivity contribution is 0.108. The van der Waals surface area contributed by atoms with Crippen LogP contribution in [0.2, 0.25) is 0 Å². The van der Waals surface area contributed by atoms with Crippen LogP contribution in [0.1, 0.15) is 37.8 Å². The SMILES string of the molecule is CCOC[C@@H](NCc1c(C)noc1C)C(C)C. The van der Waals surface area contributed by atoms with Crippen LogP contribution in [-0.2, 0) is 11.3 Å². The van der Waals surface area contributed by atoms with Crippen LogP contribution >= 0.6 is 0 Å². The molecule has 0 saturated carbocycles. The molecule has 0 amide bonds. The van der Waals surface area contributed by atoms with Gasteiger partial charge >= 0.3 is 0 Å². The lowest BCUT2D eigenvalue weighted by Gasteiger charge is -2.22. The van der Waals surface area contributed by atoms with E-state index in [2.05, 4.69) is 24.3 Å². The Kier molecular flexibility index (Phi) is 5.65. The van der Waals surface area contributed by atoms with Crippen molar-refractivity contribution in [2.45, 2.75) is 47.2 Å². The second kappa shape index (κ2) is 6.77. The van der Waals surface area contributed by atoms with Gasteiger partial charge in [0.25, 0.3) is 0 Å². The van der Waals surface area contributed by atoms with Gasteiger partial charge in [-0.2, -0.15) is 0 Å². The maximum atomic E-state index is 5.49. The quantitative estimate of drug-likeness (QED) is 0.795. The molecule has 0 bridgehead atoms. The van der Waals surface area contributed by atoms with E-state index in [0.717, 1.165) is 36.8 Å². The van der Waals surface area contributed by atoms with E-state index >= 15 is 0 Å². The summed E-state index contributed by atoms with van der Waals surface area (Å²) in [7, 11) is 0. The molecule has 0 fully saturated rings. The van der Waals surface area contributed by atoms with Gasteiger partial charge in [0.1, 0.15) is 5.76 Å². The molecule has 0 unspecified atom stereocenters. The number of rotatable bonds is 7. The third kappa shape index (κ3) is 4.13. The van der Waals surface area contributed by atoms with E-state index in [1.165, 1.54) is 0 Å². The molecule has 17 heavy (non-hydrogen) atoms. The molecule has 0 radical (unpaired) electrons. The largest absolute Gasteiger partial charge is 0.380 e. The van der Waals surface area contributed by atoms with Gasteiger partial charge in [-0.3, -0.25) is 0 Å². The van der Waals surface area contributed by atoms with Crippen LogP contribution in [-0.4, -0.2) is 24.4 Å². The Morgan fingerprint density at radius 3 is 2.53 bits per heavy atom. The molecule has 1 aromatic rings. The maximum Gasteiger partial charge on any atom is 0.138 e. The zero-order chi connectivity index (χ0) is 12.8. The highest BCUT2D eigenvalue weighted by atomic mass is 16.5. The Bertz CT molecular complexity index is 315. The van der Waals surface area contributed by atoms with Crippen molar-refractivity contribution in [3.05, 3.63) is 17.0 Å². The highest BCUT2D eigenvalue weighted by Crippen LogP contribution is 2.13. The van der Waals surface area contributed by atoms with E-state index in [1.807, 2.05) is 20.8 Å². The van der Waals surface area contributed by atoms with Crippen molar-refractivity contribution in [2.75, 3.05) is 13.2 Å². The van der Waals surface area contributed by atoms with E-state index < -0.39 is 0 Å². The highest BCUT2D eigenvalue weighted by Gasteiger charge is 2.15. The standard InChI is InChI=1S/C13H24N2O2/c1-6-16-8-13(9(2)3)14-7-12-10(4)15-17-11(12)5/h9,13-14H,6-8H2,1-5H3/t13-/m1/s1. The number of nitrogens with one attached hydrogen (secondary N) is 1. The van der Waals surface area contributed by atoms with Crippen molar-refractivity contribution < 1.29 is 9.26 Å². The summed E-state index contributed by atoms with van der Waals surface area (Å²) in [5, 5.41) is 7.47. The summed E-state index contributed by atoms with van der Waals surface area (Å²) in [6.07, 6.45) is 0. The van der Waals surface area contributed by atoms with Gasteiger partial charge in [-0.1, -0.05) is 19.0 Å². The molecule has 4 heteroatoms. The molecule has 1 N–H and O–H groups in total. The van der Waals surface area contributed by atoms with Gasteiger partial charge in [0, 0.05) is 24.8 Å². The summed E-state index contributed by atoms with van der Waals surface area (Å²) in [6, 6.07) is 0.364. The first-order valence-electron chi connectivity index (χ1n) is 6.29. The first-order chi connectivity index (χ1) is 8.06. The molecule has 0 aliphatic carbocycles. The van der Waals surface area contributed by atoms with Crippen LogP contribution < -0.4 is 5.32 Å². The maximum absolute atomic E-state index is 5.49. The number of hydrogen-bond acceptors (Lipinski definition) is 4. The highest BCUT2D eigenvalue weighted by molar-refractivity contribution is 5.20. The van der Waals surface area contributed by atoms with Gasteiger partial charge in [0.15, 0.2) is 0 Å². The first-order valence-corrected chi connectivity index (χ1v) is 6.29. The fraction of sp³-hybridized carbons (Fsp3) is 0.769. The van der Waals surface area contributed by atoms with Crippen LogP contribution in [0, 0.1) is 19.8 Å². The van der Waals surface area contributed by atoms with Crippen molar-refractivity contribution in [2.24, 2.45) is 5.92 Å². The van der Waals surface area contributed by atoms with E-state index in [4.69, 9.17) is 9.26 Å². The topological polar surface area (TPSA) is 47.3 Å². The Balaban J connectivity index is 2.51. The molecule has 98 valence electrons. The summed E-state index contributed by atoms with van der Waals surface area (Å²) < 4.78 is 10.6. The minimum Gasteiger partial charge on any atom is -0.380 e. The molecule has 1 aromatic heterocycles. The molecule has 0 aliphatic rings. The van der Waals surface area contributed by atoms with Gasteiger partial charge in [-0.05, 0) is 26.7 Å². The lowest BCUT2D eigenvalue weighted by Crippen LogP contribution is -2.37. The Labute approximate surface area is 104 Å². The molecule has 1 rings (SSSR count). The average Bonchev–Trinajstić information content (AvgIpc) is 2.59. The fourth-order valence-electron chi connectivity index (χ4n) is 1.72. The zero-order valence-electron chi connectivity index (χ0n) is 11.5. The van der Waals surface area contributed by atoms with Crippen LogP contribution in [0.15, 0.2) is 4.52 Å². The third-order valence-electron chi connectivity index (χ3n) is 3.03. The molecule has 0 spiro atoms. The number of ether oxygens (including phenoxy) is 1. The van der Waals surface area contributed by atoms with Gasteiger partial charge in [0.2, 0.25) is 0 Å². The molecule has 0 aromatic carbocycles. The molecule has 1 heterocycles. The second-order valence-corrected chi connectivity index (χ2v) is 4.69. The molecule has 0 aliphatic heterocycles. The van der Waals surface area contributed by atoms with E-state index in [9.17, 15) is 0 Å². The van der Waals surface area contributed by atoms with Crippen molar-refractivity contribution in [1.82, 2.24) is 10.5 Å². The van der Waals surface area contributed by atoms with Crippen molar-refractivity contribution in [3.8, 4) is 0 Å². The predicted octanol–water partition coefficient (Wildman–Crippen LogP) is 2.44. The summed E-state index contributed by atoms with van der Waals surface area (Å²) in [6.45, 7) is 12.6. The summed E-state index contributed by atoms with van der Waals surface area (Å²) in [5.74, 6) is 1.44. The Hall–Kier alpha value is -0.870. The third-order valence-corrected chi connectivity index (χ3v) is 3.03. The summed E-state index contributed by atoms with van der Waals surface area (Å²) in [5.41, 5.74) is 2.13. The van der Waals surface area contributed by atoms with Crippen LogP contribution in [0.3, 0.4) is 0 Å². The van der Waals surface area contributed by atoms with E-state index in [1.54, 1.807) is 0 Å². The Morgan fingerprint density at radius 2 is 2.06 bits per heavy atom. The van der Waals surface area contributed by atoms with Gasteiger partial charge in [-0.25, -0.2) is 0 Å². The van der Waals surface area contributed by atoms with Crippen molar-refractivity contribution >= 4 is 0 Å². The Morgan fingerprint density at radius 1 is 1.35 bits per heavy atom. The zero-order valence-corrected chi connectivity index (χ0v) is 11.5. The van der Waals surface area contributed by atoms with Gasteiger partial charge < -0.3 is 14.6 Å².